The molecule has 0 unspecified atom stereocenters. The quantitative estimate of drug-likeness (QED) is 0.851. The van der Waals surface area contributed by atoms with E-state index in [9.17, 15) is 0 Å². The van der Waals surface area contributed by atoms with Crippen LogP contribution in [-0.4, -0.2) is 27.4 Å². The molecule has 1 N–H and O–H groups in total. The third kappa shape index (κ3) is 3.70. The Morgan fingerprint density at radius 1 is 1.19 bits per heavy atom. The Bertz CT molecular complexity index is 558. The summed E-state index contributed by atoms with van der Waals surface area (Å²) in [6.45, 7) is 9.71. The van der Waals surface area contributed by atoms with Crippen molar-refractivity contribution in [1.82, 2.24) is 20.1 Å². The highest BCUT2D eigenvalue weighted by atomic mass is 15.3. The largest absolute Gasteiger partial charge is 0.314 e. The van der Waals surface area contributed by atoms with Crippen molar-refractivity contribution in [2.24, 2.45) is 0 Å². The van der Waals surface area contributed by atoms with E-state index >= 15 is 0 Å². The van der Waals surface area contributed by atoms with Crippen LogP contribution in [-0.2, 0) is 19.3 Å². The average Bonchev–Trinajstić information content (AvgIpc) is 2.85. The lowest BCUT2D eigenvalue weighted by molar-refractivity contribution is 0.588. The number of nitrogens with one attached hydrogen (secondary N) is 1. The second-order valence-electron chi connectivity index (χ2n) is 5.54. The predicted octanol–water partition coefficient (Wildman–Crippen LogP) is 2.93. The van der Waals surface area contributed by atoms with Crippen molar-refractivity contribution in [2.45, 2.75) is 53.0 Å². The summed E-state index contributed by atoms with van der Waals surface area (Å²) < 4.78 is 2.02. The summed E-state index contributed by atoms with van der Waals surface area (Å²) in [5, 5.41) is 8.29. The van der Waals surface area contributed by atoms with Crippen molar-refractivity contribution in [3.8, 4) is 5.82 Å². The van der Waals surface area contributed by atoms with Gasteiger partial charge >= 0.3 is 0 Å². The molecule has 0 spiro atoms. The minimum Gasteiger partial charge on any atom is -0.314 e. The molecule has 2 heterocycles. The molecule has 0 saturated carbocycles. The molecule has 0 bridgehead atoms. The van der Waals surface area contributed by atoms with Gasteiger partial charge in [0, 0.05) is 17.9 Å². The first kappa shape index (κ1) is 15.7. The molecule has 4 heteroatoms. The molecule has 0 radical (unpaired) electrons. The fraction of sp³-hybridized carbons (Fsp3) is 0.529. The molecule has 21 heavy (non-hydrogen) atoms. The Kier molecular flexibility index (Phi) is 5.51. The van der Waals surface area contributed by atoms with Crippen LogP contribution in [0.2, 0.25) is 0 Å². The van der Waals surface area contributed by atoms with Crippen molar-refractivity contribution < 1.29 is 0 Å². The number of nitrogens with zero attached hydrogens (tertiary/aromatic N) is 3. The van der Waals surface area contributed by atoms with E-state index in [0.29, 0.717) is 6.04 Å². The third-order valence-electron chi connectivity index (χ3n) is 3.64. The van der Waals surface area contributed by atoms with Gasteiger partial charge in [-0.1, -0.05) is 33.8 Å². The molecule has 0 aliphatic rings. The fourth-order valence-corrected chi connectivity index (χ4v) is 2.63. The second-order valence-corrected chi connectivity index (χ2v) is 5.54. The van der Waals surface area contributed by atoms with Crippen molar-refractivity contribution in [3.63, 3.8) is 0 Å². The minimum atomic E-state index is 0.519. The topological polar surface area (TPSA) is 42.7 Å². The van der Waals surface area contributed by atoms with Crippen LogP contribution < -0.4 is 5.32 Å². The maximum atomic E-state index is 4.79. The lowest BCUT2D eigenvalue weighted by Crippen LogP contribution is -2.25. The van der Waals surface area contributed by atoms with Gasteiger partial charge in [0.05, 0.1) is 5.69 Å². The molecule has 0 aliphatic heterocycles. The molecule has 0 saturated heterocycles. The molecule has 0 amide bonds. The van der Waals surface area contributed by atoms with E-state index in [1.54, 1.807) is 0 Å². The van der Waals surface area contributed by atoms with E-state index in [1.807, 2.05) is 29.1 Å². The van der Waals surface area contributed by atoms with E-state index in [0.717, 1.165) is 31.6 Å². The number of pyridine rings is 1. The van der Waals surface area contributed by atoms with Crippen LogP contribution in [0.5, 0.6) is 0 Å². The second kappa shape index (κ2) is 7.36. The Labute approximate surface area is 127 Å². The highest BCUT2D eigenvalue weighted by molar-refractivity contribution is 5.34. The number of aryl methyl sites for hydroxylation is 1. The first-order chi connectivity index (χ1) is 10.2. The standard InChI is InChI=1S/C17H26N4/c1-5-15-14(10-12-18-13(3)4)16(6-2)21(20-15)17-9-7-8-11-19-17/h7-9,11,13,18H,5-6,10,12H2,1-4H3. The van der Waals surface area contributed by atoms with Gasteiger partial charge in [-0.2, -0.15) is 5.10 Å². The minimum absolute atomic E-state index is 0.519. The van der Waals surface area contributed by atoms with Gasteiger partial charge in [-0.25, -0.2) is 9.67 Å². The SMILES string of the molecule is CCc1nn(-c2ccccn2)c(CC)c1CCNC(C)C. The molecule has 2 rings (SSSR count). The predicted molar refractivity (Wildman–Crippen MR) is 87.0 cm³/mol. The Balaban J connectivity index is 2.33. The average molecular weight is 286 g/mol. The summed E-state index contributed by atoms with van der Waals surface area (Å²) in [4.78, 5) is 4.44. The fourth-order valence-electron chi connectivity index (χ4n) is 2.63. The normalized spacial score (nSPS) is 11.3. The van der Waals surface area contributed by atoms with Crippen LogP contribution >= 0.6 is 0 Å². The summed E-state index contributed by atoms with van der Waals surface area (Å²) in [5.41, 5.74) is 3.87. The van der Waals surface area contributed by atoms with Crippen molar-refractivity contribution in [1.29, 1.82) is 0 Å². The Morgan fingerprint density at radius 3 is 2.57 bits per heavy atom. The van der Waals surface area contributed by atoms with Gasteiger partial charge in [-0.05, 0) is 43.5 Å². The number of rotatable bonds is 7. The summed E-state index contributed by atoms with van der Waals surface area (Å²) in [7, 11) is 0. The van der Waals surface area contributed by atoms with Crippen molar-refractivity contribution in [2.75, 3.05) is 6.54 Å². The Morgan fingerprint density at radius 2 is 2.00 bits per heavy atom. The van der Waals surface area contributed by atoms with Gasteiger partial charge in [0.2, 0.25) is 0 Å². The van der Waals surface area contributed by atoms with E-state index < -0.39 is 0 Å². The number of aromatic nitrogens is 3. The lowest BCUT2D eigenvalue weighted by atomic mass is 10.1. The molecule has 2 aromatic heterocycles. The summed E-state index contributed by atoms with van der Waals surface area (Å²) in [6.07, 6.45) is 4.78. The van der Waals surface area contributed by atoms with Crippen LogP contribution in [0.1, 0.15) is 44.6 Å². The zero-order valence-corrected chi connectivity index (χ0v) is 13.6. The van der Waals surface area contributed by atoms with E-state index in [-0.39, 0.29) is 0 Å². The summed E-state index contributed by atoms with van der Waals surface area (Å²) in [6, 6.07) is 6.48. The van der Waals surface area contributed by atoms with Gasteiger partial charge in [-0.3, -0.25) is 0 Å². The van der Waals surface area contributed by atoms with E-state index in [2.05, 4.69) is 38.0 Å². The van der Waals surface area contributed by atoms with Crippen LogP contribution in [0.15, 0.2) is 24.4 Å². The molecule has 2 aromatic rings. The molecule has 0 aliphatic carbocycles. The lowest BCUT2D eigenvalue weighted by Gasteiger charge is -2.10. The van der Waals surface area contributed by atoms with Crippen LogP contribution in [0.25, 0.3) is 5.82 Å². The van der Waals surface area contributed by atoms with Crippen LogP contribution in [0, 0.1) is 0 Å². The zero-order valence-electron chi connectivity index (χ0n) is 13.6. The molecule has 0 fully saturated rings. The summed E-state index contributed by atoms with van der Waals surface area (Å²) >= 11 is 0. The van der Waals surface area contributed by atoms with E-state index in [1.165, 1.54) is 17.0 Å². The highest BCUT2D eigenvalue weighted by Crippen LogP contribution is 2.19. The molecule has 4 nitrogen and oxygen atoms in total. The molecule has 0 aromatic carbocycles. The smallest absolute Gasteiger partial charge is 0.153 e. The first-order valence-electron chi connectivity index (χ1n) is 7.91. The van der Waals surface area contributed by atoms with Crippen LogP contribution in [0.4, 0.5) is 0 Å². The maximum Gasteiger partial charge on any atom is 0.153 e. The zero-order chi connectivity index (χ0) is 15.2. The Hall–Kier alpha value is -1.68. The van der Waals surface area contributed by atoms with E-state index in [4.69, 9.17) is 5.10 Å². The van der Waals surface area contributed by atoms with Gasteiger partial charge in [0.15, 0.2) is 5.82 Å². The van der Waals surface area contributed by atoms with Crippen LogP contribution in [0.3, 0.4) is 0 Å². The van der Waals surface area contributed by atoms with Gasteiger partial charge in [-0.15, -0.1) is 0 Å². The molecular formula is C17H26N4. The van der Waals surface area contributed by atoms with Crippen molar-refractivity contribution >= 4 is 0 Å². The first-order valence-corrected chi connectivity index (χ1v) is 7.91. The third-order valence-corrected chi connectivity index (χ3v) is 3.64. The number of hydrogen-bond acceptors (Lipinski definition) is 3. The number of hydrogen-bond donors (Lipinski definition) is 1. The molecule has 114 valence electrons. The highest BCUT2D eigenvalue weighted by Gasteiger charge is 2.16. The van der Waals surface area contributed by atoms with Gasteiger partial charge in [0.25, 0.3) is 0 Å². The molecular weight excluding hydrogens is 260 g/mol. The maximum absolute atomic E-state index is 4.79. The monoisotopic (exact) mass is 286 g/mol. The van der Waals surface area contributed by atoms with Crippen molar-refractivity contribution in [3.05, 3.63) is 41.3 Å². The van der Waals surface area contributed by atoms with Gasteiger partial charge in [0.1, 0.15) is 0 Å². The summed E-state index contributed by atoms with van der Waals surface area (Å²) in [5.74, 6) is 0.909. The molecule has 0 atom stereocenters. The van der Waals surface area contributed by atoms with Gasteiger partial charge < -0.3 is 5.32 Å².